The van der Waals surface area contributed by atoms with Crippen molar-refractivity contribution in [2.75, 3.05) is 10.6 Å². The van der Waals surface area contributed by atoms with E-state index in [0.29, 0.717) is 5.33 Å². The number of hydrogen-bond donors (Lipinski definition) is 1. The van der Waals surface area contributed by atoms with Gasteiger partial charge in [-0.1, -0.05) is 27.5 Å². The highest BCUT2D eigenvalue weighted by Gasteiger charge is 2.31. The van der Waals surface area contributed by atoms with Crippen LogP contribution in [0.1, 0.15) is 12.0 Å². The standard InChI is InChI=1S/C10H8BrClF3NO/c11-2-1-9(17)16-8-4-6(10(13,14)15)3-7(12)5-8/h3-5H,1-2H2,(H,16,17). The zero-order valence-electron chi connectivity index (χ0n) is 8.44. The van der Waals surface area contributed by atoms with E-state index in [4.69, 9.17) is 11.6 Å². The molecule has 1 aromatic carbocycles. The molecule has 0 aliphatic rings. The number of halogens is 5. The molecule has 94 valence electrons. The lowest BCUT2D eigenvalue weighted by Gasteiger charge is -2.10. The van der Waals surface area contributed by atoms with Crippen molar-refractivity contribution in [3.8, 4) is 0 Å². The molecule has 1 aromatic rings. The number of hydrogen-bond acceptors (Lipinski definition) is 1. The van der Waals surface area contributed by atoms with Gasteiger partial charge in [0.25, 0.3) is 0 Å². The minimum atomic E-state index is -4.49. The highest BCUT2D eigenvalue weighted by atomic mass is 79.9. The van der Waals surface area contributed by atoms with Crippen molar-refractivity contribution in [3.05, 3.63) is 28.8 Å². The normalized spacial score (nSPS) is 11.4. The third-order valence-electron chi connectivity index (χ3n) is 1.83. The molecule has 0 aliphatic heterocycles. The second-order valence-corrected chi connectivity index (χ2v) is 4.44. The Morgan fingerprint density at radius 1 is 1.35 bits per heavy atom. The van der Waals surface area contributed by atoms with E-state index in [9.17, 15) is 18.0 Å². The molecule has 0 heterocycles. The van der Waals surface area contributed by atoms with Gasteiger partial charge in [-0.05, 0) is 18.2 Å². The number of carbonyl (C=O) groups excluding carboxylic acids is 1. The molecule has 0 saturated heterocycles. The largest absolute Gasteiger partial charge is 0.416 e. The summed E-state index contributed by atoms with van der Waals surface area (Å²) in [7, 11) is 0. The molecular formula is C10H8BrClF3NO. The summed E-state index contributed by atoms with van der Waals surface area (Å²) in [5.41, 5.74) is -0.852. The summed E-state index contributed by atoms with van der Waals surface area (Å²) in [6, 6.07) is 2.92. The topological polar surface area (TPSA) is 29.1 Å². The summed E-state index contributed by atoms with van der Waals surface area (Å²) in [5, 5.41) is 2.70. The summed E-state index contributed by atoms with van der Waals surface area (Å²) in [4.78, 5) is 11.2. The summed E-state index contributed by atoms with van der Waals surface area (Å²) in [5.74, 6) is -0.378. The number of alkyl halides is 4. The van der Waals surface area contributed by atoms with Crippen LogP contribution in [0.2, 0.25) is 5.02 Å². The minimum absolute atomic E-state index is 0.0378. The van der Waals surface area contributed by atoms with Crippen molar-refractivity contribution < 1.29 is 18.0 Å². The number of benzene rings is 1. The number of anilines is 1. The quantitative estimate of drug-likeness (QED) is 0.831. The van der Waals surface area contributed by atoms with Crippen LogP contribution in [0.3, 0.4) is 0 Å². The lowest BCUT2D eigenvalue weighted by molar-refractivity contribution is -0.137. The van der Waals surface area contributed by atoms with Crippen LogP contribution in [0.15, 0.2) is 18.2 Å². The molecule has 0 fully saturated rings. The van der Waals surface area contributed by atoms with Crippen LogP contribution >= 0.6 is 27.5 Å². The minimum Gasteiger partial charge on any atom is -0.326 e. The Bertz CT molecular complexity index is 423. The van der Waals surface area contributed by atoms with Gasteiger partial charge >= 0.3 is 6.18 Å². The summed E-state index contributed by atoms with van der Waals surface area (Å²) in [6.07, 6.45) is -4.31. The first-order valence-corrected chi connectivity index (χ1v) is 6.06. The highest BCUT2D eigenvalue weighted by Crippen LogP contribution is 2.33. The smallest absolute Gasteiger partial charge is 0.326 e. The Hall–Kier alpha value is -0.750. The zero-order valence-corrected chi connectivity index (χ0v) is 10.8. The molecule has 0 bridgehead atoms. The Labute approximate surface area is 109 Å². The molecule has 0 aromatic heterocycles. The van der Waals surface area contributed by atoms with Gasteiger partial charge in [-0.25, -0.2) is 0 Å². The predicted octanol–water partition coefficient (Wildman–Crippen LogP) is 4.08. The first-order chi connectivity index (χ1) is 7.82. The Kier molecular flexibility index (Phi) is 4.82. The summed E-state index contributed by atoms with van der Waals surface area (Å²) >= 11 is 8.61. The third-order valence-corrected chi connectivity index (χ3v) is 2.45. The highest BCUT2D eigenvalue weighted by molar-refractivity contribution is 9.09. The average molecular weight is 331 g/mol. The first kappa shape index (κ1) is 14.3. The molecule has 0 unspecified atom stereocenters. The summed E-state index contributed by atoms with van der Waals surface area (Å²) in [6.45, 7) is 0. The van der Waals surface area contributed by atoms with Crippen LogP contribution in [0.4, 0.5) is 18.9 Å². The van der Waals surface area contributed by atoms with Crippen molar-refractivity contribution in [1.29, 1.82) is 0 Å². The number of rotatable bonds is 3. The second kappa shape index (κ2) is 5.73. The van der Waals surface area contributed by atoms with Crippen molar-refractivity contribution >= 4 is 39.1 Å². The molecule has 2 nitrogen and oxygen atoms in total. The average Bonchev–Trinajstić information content (AvgIpc) is 2.15. The van der Waals surface area contributed by atoms with Crippen molar-refractivity contribution in [3.63, 3.8) is 0 Å². The van der Waals surface area contributed by atoms with E-state index in [0.717, 1.165) is 12.1 Å². The zero-order chi connectivity index (χ0) is 13.1. The van der Waals surface area contributed by atoms with Gasteiger partial charge in [0.05, 0.1) is 5.56 Å². The van der Waals surface area contributed by atoms with E-state index in [1.807, 2.05) is 0 Å². The Balaban J connectivity index is 2.94. The molecule has 1 N–H and O–H groups in total. The van der Waals surface area contributed by atoms with Gasteiger partial charge in [-0.15, -0.1) is 0 Å². The van der Waals surface area contributed by atoms with Crippen LogP contribution in [-0.4, -0.2) is 11.2 Å². The first-order valence-electron chi connectivity index (χ1n) is 4.56. The molecule has 0 aliphatic carbocycles. The van der Waals surface area contributed by atoms with Gasteiger partial charge in [-0.2, -0.15) is 13.2 Å². The van der Waals surface area contributed by atoms with Crippen LogP contribution in [-0.2, 0) is 11.0 Å². The van der Waals surface area contributed by atoms with Gasteiger partial charge in [0.2, 0.25) is 5.91 Å². The maximum absolute atomic E-state index is 12.5. The molecule has 0 radical (unpaired) electrons. The van der Waals surface area contributed by atoms with Crippen LogP contribution in [0.25, 0.3) is 0 Å². The number of carbonyl (C=O) groups is 1. The lowest BCUT2D eigenvalue weighted by Crippen LogP contribution is -2.13. The fourth-order valence-corrected chi connectivity index (χ4v) is 1.73. The summed E-state index contributed by atoms with van der Waals surface area (Å²) < 4.78 is 37.4. The second-order valence-electron chi connectivity index (χ2n) is 3.21. The van der Waals surface area contributed by atoms with Gasteiger partial charge in [0.1, 0.15) is 0 Å². The van der Waals surface area contributed by atoms with Gasteiger partial charge in [-0.3, -0.25) is 4.79 Å². The van der Waals surface area contributed by atoms with E-state index in [1.54, 1.807) is 0 Å². The Morgan fingerprint density at radius 3 is 2.53 bits per heavy atom. The maximum Gasteiger partial charge on any atom is 0.416 e. The van der Waals surface area contributed by atoms with Crippen LogP contribution in [0, 0.1) is 0 Å². The molecule has 1 amide bonds. The Morgan fingerprint density at radius 2 is 2.00 bits per heavy atom. The van der Waals surface area contributed by atoms with Gasteiger partial charge in [0, 0.05) is 22.5 Å². The maximum atomic E-state index is 12.5. The molecule has 0 saturated carbocycles. The van der Waals surface area contributed by atoms with E-state index in [-0.39, 0.29) is 23.0 Å². The predicted molar refractivity (Wildman–Crippen MR) is 63.5 cm³/mol. The fourth-order valence-electron chi connectivity index (χ4n) is 1.13. The van der Waals surface area contributed by atoms with Crippen molar-refractivity contribution in [1.82, 2.24) is 0 Å². The monoisotopic (exact) mass is 329 g/mol. The van der Waals surface area contributed by atoms with Crippen LogP contribution in [0.5, 0.6) is 0 Å². The van der Waals surface area contributed by atoms with Gasteiger partial charge in [0.15, 0.2) is 0 Å². The molecule has 7 heteroatoms. The van der Waals surface area contributed by atoms with E-state index < -0.39 is 11.7 Å². The third kappa shape index (κ3) is 4.55. The van der Waals surface area contributed by atoms with Crippen LogP contribution < -0.4 is 5.32 Å². The van der Waals surface area contributed by atoms with E-state index >= 15 is 0 Å². The van der Waals surface area contributed by atoms with Crippen molar-refractivity contribution in [2.24, 2.45) is 0 Å². The van der Waals surface area contributed by atoms with Gasteiger partial charge < -0.3 is 5.32 Å². The lowest BCUT2D eigenvalue weighted by atomic mass is 10.2. The SMILES string of the molecule is O=C(CCBr)Nc1cc(Cl)cc(C(F)(F)F)c1. The van der Waals surface area contributed by atoms with Crippen molar-refractivity contribution in [2.45, 2.75) is 12.6 Å². The molecule has 1 rings (SSSR count). The number of amides is 1. The molecule has 0 spiro atoms. The molecule has 17 heavy (non-hydrogen) atoms. The molecular weight excluding hydrogens is 322 g/mol. The van der Waals surface area contributed by atoms with E-state index in [1.165, 1.54) is 6.07 Å². The molecule has 0 atom stereocenters. The fraction of sp³-hybridized carbons (Fsp3) is 0.300. The van der Waals surface area contributed by atoms with E-state index in [2.05, 4.69) is 21.2 Å². The number of nitrogens with one attached hydrogen (secondary N) is 1.